The molecule has 1 fully saturated rings. The maximum absolute atomic E-state index is 11.9. The number of carbonyl (C=O) groups is 1. The van der Waals surface area contributed by atoms with Crippen molar-refractivity contribution < 1.29 is 4.79 Å². The summed E-state index contributed by atoms with van der Waals surface area (Å²) in [5.74, 6) is 1.05. The zero-order valence-corrected chi connectivity index (χ0v) is 10.2. The maximum Gasteiger partial charge on any atom is 0.165 e. The summed E-state index contributed by atoms with van der Waals surface area (Å²) in [5, 5.41) is 0. The van der Waals surface area contributed by atoms with Gasteiger partial charge in [0.15, 0.2) is 5.78 Å². The van der Waals surface area contributed by atoms with Crippen LogP contribution in [0.3, 0.4) is 0 Å². The van der Waals surface area contributed by atoms with Gasteiger partial charge in [-0.25, -0.2) is 0 Å². The molecule has 0 spiro atoms. The van der Waals surface area contributed by atoms with E-state index in [1.54, 1.807) is 0 Å². The third kappa shape index (κ3) is 2.34. The summed E-state index contributed by atoms with van der Waals surface area (Å²) < 4.78 is 0. The zero-order valence-electron chi connectivity index (χ0n) is 10.2. The molecule has 1 aromatic rings. The van der Waals surface area contributed by atoms with Gasteiger partial charge < -0.3 is 0 Å². The van der Waals surface area contributed by atoms with Crippen molar-refractivity contribution in [3.63, 3.8) is 0 Å². The van der Waals surface area contributed by atoms with Crippen molar-refractivity contribution >= 4 is 5.78 Å². The molecule has 86 valence electrons. The van der Waals surface area contributed by atoms with Gasteiger partial charge in [0.25, 0.3) is 0 Å². The molecule has 0 saturated heterocycles. The van der Waals surface area contributed by atoms with Crippen LogP contribution in [0.5, 0.6) is 0 Å². The Balaban J connectivity index is 2.22. The lowest BCUT2D eigenvalue weighted by Crippen LogP contribution is -2.08. The number of benzene rings is 1. The Bertz CT molecular complexity index is 373. The van der Waals surface area contributed by atoms with Gasteiger partial charge >= 0.3 is 0 Å². The Morgan fingerprint density at radius 3 is 2.56 bits per heavy atom. The molecule has 0 aliphatic heterocycles. The Morgan fingerprint density at radius 2 is 1.94 bits per heavy atom. The van der Waals surface area contributed by atoms with E-state index >= 15 is 0 Å². The molecule has 0 N–H and O–H groups in total. The van der Waals surface area contributed by atoms with Gasteiger partial charge in [-0.05, 0) is 30.4 Å². The summed E-state index contributed by atoms with van der Waals surface area (Å²) in [4.78, 5) is 11.9. The Labute approximate surface area is 97.9 Å². The molecule has 1 saturated carbocycles. The Morgan fingerprint density at radius 1 is 1.25 bits per heavy atom. The zero-order chi connectivity index (χ0) is 11.5. The highest BCUT2D eigenvalue weighted by atomic mass is 16.1. The van der Waals surface area contributed by atoms with Gasteiger partial charge in [0.2, 0.25) is 0 Å². The Kier molecular flexibility index (Phi) is 3.42. The lowest BCUT2D eigenvalue weighted by molar-refractivity contribution is 0.0939. The maximum atomic E-state index is 11.9. The van der Waals surface area contributed by atoms with Crippen LogP contribution in [0.1, 0.15) is 61.4 Å². The fraction of sp³-hybridized carbons (Fsp3) is 0.533. The molecule has 1 heteroatoms. The highest BCUT2D eigenvalue weighted by Gasteiger charge is 2.18. The first-order valence-corrected chi connectivity index (χ1v) is 6.32. The van der Waals surface area contributed by atoms with Crippen LogP contribution in [0.25, 0.3) is 0 Å². The van der Waals surface area contributed by atoms with Gasteiger partial charge in [-0.15, -0.1) is 0 Å². The number of hydrogen-bond donors (Lipinski definition) is 0. The average Bonchev–Trinajstić information content (AvgIpc) is 2.81. The quantitative estimate of drug-likeness (QED) is 0.693. The van der Waals surface area contributed by atoms with Crippen molar-refractivity contribution in [2.45, 2.75) is 45.4 Å². The topological polar surface area (TPSA) is 17.1 Å². The van der Waals surface area contributed by atoms with Gasteiger partial charge in [0, 0.05) is 11.5 Å². The number of hydrogen-bond acceptors (Lipinski definition) is 1. The molecule has 0 heterocycles. The van der Waals surface area contributed by atoms with E-state index in [2.05, 4.69) is 12.1 Å². The van der Waals surface area contributed by atoms with Crippen molar-refractivity contribution in [1.29, 1.82) is 0 Å². The van der Waals surface area contributed by atoms with E-state index in [0.29, 0.717) is 5.92 Å². The molecular formula is C15H20O. The third-order valence-electron chi connectivity index (χ3n) is 3.52. The number of carbonyl (C=O) groups excluding carboxylic acids is 1. The molecular weight excluding hydrogens is 196 g/mol. The van der Waals surface area contributed by atoms with E-state index in [9.17, 15) is 4.79 Å². The molecule has 16 heavy (non-hydrogen) atoms. The van der Waals surface area contributed by atoms with E-state index in [1.807, 2.05) is 26.0 Å². The van der Waals surface area contributed by atoms with Crippen LogP contribution in [-0.2, 0) is 0 Å². The lowest BCUT2D eigenvalue weighted by Gasteiger charge is -2.11. The molecule has 0 bridgehead atoms. The first kappa shape index (κ1) is 11.4. The predicted molar refractivity (Wildman–Crippen MR) is 66.8 cm³/mol. The number of Topliss-reactive ketones (excluding diaryl/α,β-unsaturated/α-hetero) is 1. The summed E-state index contributed by atoms with van der Waals surface area (Å²) in [7, 11) is 0. The van der Waals surface area contributed by atoms with Crippen molar-refractivity contribution in [2.75, 3.05) is 0 Å². The largest absolute Gasteiger partial charge is 0.294 e. The minimum atomic E-state index is 0.0961. The highest BCUT2D eigenvalue weighted by Crippen LogP contribution is 2.34. The average molecular weight is 216 g/mol. The van der Waals surface area contributed by atoms with E-state index < -0.39 is 0 Å². The fourth-order valence-corrected chi connectivity index (χ4v) is 2.54. The lowest BCUT2D eigenvalue weighted by atomic mass is 9.93. The molecule has 1 aliphatic rings. The molecule has 1 aliphatic carbocycles. The fourth-order valence-electron chi connectivity index (χ4n) is 2.54. The second-order valence-corrected chi connectivity index (χ2v) is 5.13. The van der Waals surface area contributed by atoms with Gasteiger partial charge in [-0.3, -0.25) is 4.79 Å². The standard InChI is InChI=1S/C15H20O/c1-11(2)15(16)14-9-5-8-13(10-14)12-6-3-4-7-12/h5,8-12H,3-4,6-7H2,1-2H3. The smallest absolute Gasteiger partial charge is 0.165 e. The summed E-state index contributed by atoms with van der Waals surface area (Å²) in [6.07, 6.45) is 5.26. The summed E-state index contributed by atoms with van der Waals surface area (Å²) in [6.45, 7) is 3.93. The molecule has 2 rings (SSSR count). The Hall–Kier alpha value is -1.11. The minimum Gasteiger partial charge on any atom is -0.294 e. The predicted octanol–water partition coefficient (Wildman–Crippen LogP) is 4.18. The van der Waals surface area contributed by atoms with Gasteiger partial charge in [-0.2, -0.15) is 0 Å². The van der Waals surface area contributed by atoms with E-state index in [1.165, 1.54) is 31.2 Å². The van der Waals surface area contributed by atoms with E-state index in [0.717, 1.165) is 5.56 Å². The van der Waals surface area contributed by atoms with Crippen LogP contribution >= 0.6 is 0 Å². The summed E-state index contributed by atoms with van der Waals surface area (Å²) in [5.41, 5.74) is 2.25. The second-order valence-electron chi connectivity index (χ2n) is 5.13. The molecule has 0 amide bonds. The first-order chi connectivity index (χ1) is 7.68. The summed E-state index contributed by atoms with van der Waals surface area (Å²) >= 11 is 0. The van der Waals surface area contributed by atoms with Crippen LogP contribution in [0.2, 0.25) is 0 Å². The van der Waals surface area contributed by atoms with Crippen molar-refractivity contribution in [2.24, 2.45) is 5.92 Å². The second kappa shape index (κ2) is 4.82. The summed E-state index contributed by atoms with van der Waals surface area (Å²) in [6, 6.07) is 8.26. The number of ketones is 1. The minimum absolute atomic E-state index is 0.0961. The molecule has 0 atom stereocenters. The molecule has 0 unspecified atom stereocenters. The van der Waals surface area contributed by atoms with Crippen molar-refractivity contribution in [3.05, 3.63) is 35.4 Å². The normalized spacial score (nSPS) is 16.9. The molecule has 0 aromatic heterocycles. The van der Waals surface area contributed by atoms with Crippen molar-refractivity contribution in [3.8, 4) is 0 Å². The van der Waals surface area contributed by atoms with Crippen LogP contribution in [0.4, 0.5) is 0 Å². The van der Waals surface area contributed by atoms with Gasteiger partial charge in [0.1, 0.15) is 0 Å². The van der Waals surface area contributed by atoms with Gasteiger partial charge in [0.05, 0.1) is 0 Å². The van der Waals surface area contributed by atoms with Crippen LogP contribution in [0, 0.1) is 5.92 Å². The monoisotopic (exact) mass is 216 g/mol. The highest BCUT2D eigenvalue weighted by molar-refractivity contribution is 5.97. The number of rotatable bonds is 3. The molecule has 1 nitrogen and oxygen atoms in total. The molecule has 0 radical (unpaired) electrons. The van der Waals surface area contributed by atoms with E-state index in [-0.39, 0.29) is 11.7 Å². The third-order valence-corrected chi connectivity index (χ3v) is 3.52. The van der Waals surface area contributed by atoms with Gasteiger partial charge in [-0.1, -0.05) is 44.9 Å². The SMILES string of the molecule is CC(C)C(=O)c1cccc(C2CCCC2)c1. The first-order valence-electron chi connectivity index (χ1n) is 6.32. The van der Waals surface area contributed by atoms with Crippen molar-refractivity contribution in [1.82, 2.24) is 0 Å². The van der Waals surface area contributed by atoms with Crippen LogP contribution in [0.15, 0.2) is 24.3 Å². The van der Waals surface area contributed by atoms with Crippen LogP contribution < -0.4 is 0 Å². The van der Waals surface area contributed by atoms with Crippen LogP contribution in [-0.4, -0.2) is 5.78 Å². The van der Waals surface area contributed by atoms with E-state index in [4.69, 9.17) is 0 Å². The molecule has 1 aromatic carbocycles.